The van der Waals surface area contributed by atoms with Gasteiger partial charge in [0.05, 0.1) is 6.67 Å². The van der Waals surface area contributed by atoms with E-state index in [4.69, 9.17) is 5.11 Å². The van der Waals surface area contributed by atoms with Crippen molar-refractivity contribution in [3.63, 3.8) is 0 Å². The van der Waals surface area contributed by atoms with Crippen molar-refractivity contribution in [2.45, 2.75) is 12.8 Å². The molecule has 0 spiro atoms. The molecule has 0 heterocycles. The van der Waals surface area contributed by atoms with Crippen LogP contribution in [0.15, 0.2) is 24.3 Å². The third kappa shape index (κ3) is 1.93. The first-order valence-corrected chi connectivity index (χ1v) is 3.59. The molecule has 0 aromatic heterocycles. The highest BCUT2D eigenvalue weighted by atomic mass is 19.1. The highest BCUT2D eigenvalue weighted by Crippen LogP contribution is 2.18. The number of aromatic hydroxyl groups is 1. The van der Waals surface area contributed by atoms with Gasteiger partial charge in [-0.1, -0.05) is 19.1 Å². The number of halogens is 1. The quantitative estimate of drug-likeness (QED) is 0.693. The lowest BCUT2D eigenvalue weighted by molar-refractivity contribution is 0.445. The monoisotopic (exact) mass is 154 g/mol. The van der Waals surface area contributed by atoms with Gasteiger partial charge in [-0.15, -0.1) is 0 Å². The number of benzene rings is 1. The molecule has 0 saturated heterocycles. The molecule has 0 radical (unpaired) electrons. The van der Waals surface area contributed by atoms with E-state index < -0.39 is 0 Å². The zero-order valence-electron chi connectivity index (χ0n) is 6.42. The molecule has 0 aliphatic heterocycles. The number of hydrogen-bond acceptors (Lipinski definition) is 1. The Kier molecular flexibility index (Phi) is 2.47. The zero-order chi connectivity index (χ0) is 8.27. The molecule has 1 aromatic carbocycles. The third-order valence-electron chi connectivity index (χ3n) is 1.69. The maximum Gasteiger partial charge on any atom is 0.115 e. The van der Waals surface area contributed by atoms with Crippen LogP contribution >= 0.6 is 0 Å². The van der Waals surface area contributed by atoms with Gasteiger partial charge in [0, 0.05) is 5.92 Å². The molecule has 2 heteroatoms. The fourth-order valence-electron chi connectivity index (χ4n) is 0.892. The summed E-state index contributed by atoms with van der Waals surface area (Å²) < 4.78 is 12.1. The third-order valence-corrected chi connectivity index (χ3v) is 1.69. The van der Waals surface area contributed by atoms with Gasteiger partial charge in [-0.25, -0.2) is 0 Å². The molecule has 1 atom stereocenters. The molecular formula is C9H11FO. The number of hydrogen-bond donors (Lipinski definition) is 1. The summed E-state index contributed by atoms with van der Waals surface area (Å²) in [4.78, 5) is 0. The fraction of sp³-hybridized carbons (Fsp3) is 0.333. The molecular weight excluding hydrogens is 143 g/mol. The van der Waals surface area contributed by atoms with Crippen LogP contribution in [0.3, 0.4) is 0 Å². The largest absolute Gasteiger partial charge is 0.508 e. The molecule has 0 fully saturated rings. The van der Waals surface area contributed by atoms with Crippen molar-refractivity contribution in [2.24, 2.45) is 0 Å². The minimum atomic E-state index is -0.356. The lowest BCUT2D eigenvalue weighted by Crippen LogP contribution is -1.93. The molecule has 11 heavy (non-hydrogen) atoms. The van der Waals surface area contributed by atoms with E-state index in [1.165, 1.54) is 0 Å². The Morgan fingerprint density at radius 1 is 1.36 bits per heavy atom. The highest BCUT2D eigenvalue weighted by Gasteiger charge is 2.03. The summed E-state index contributed by atoms with van der Waals surface area (Å²) in [6.45, 7) is 1.46. The summed E-state index contributed by atoms with van der Waals surface area (Å²) in [6, 6.07) is 6.61. The smallest absolute Gasteiger partial charge is 0.115 e. The van der Waals surface area contributed by atoms with Gasteiger partial charge in [0.25, 0.3) is 0 Å². The Morgan fingerprint density at radius 3 is 2.36 bits per heavy atom. The van der Waals surface area contributed by atoms with Crippen LogP contribution in [-0.4, -0.2) is 11.8 Å². The molecule has 0 unspecified atom stereocenters. The second-order valence-corrected chi connectivity index (χ2v) is 2.65. The van der Waals surface area contributed by atoms with Gasteiger partial charge < -0.3 is 5.11 Å². The summed E-state index contributed by atoms with van der Waals surface area (Å²) in [7, 11) is 0. The molecule has 0 aliphatic carbocycles. The Balaban J connectivity index is 2.81. The molecule has 0 bridgehead atoms. The highest BCUT2D eigenvalue weighted by molar-refractivity contribution is 5.27. The predicted octanol–water partition coefficient (Wildman–Crippen LogP) is 2.47. The molecule has 0 amide bonds. The lowest BCUT2D eigenvalue weighted by atomic mass is 10.0. The Morgan fingerprint density at radius 2 is 1.91 bits per heavy atom. The molecule has 0 aliphatic rings. The average Bonchev–Trinajstić information content (AvgIpc) is 2.05. The van der Waals surface area contributed by atoms with Crippen LogP contribution in [0.25, 0.3) is 0 Å². The maximum absolute atomic E-state index is 12.1. The second kappa shape index (κ2) is 3.37. The number of phenolic OH excluding ortho intramolecular Hbond substituents is 1. The number of phenols is 1. The van der Waals surface area contributed by atoms with E-state index in [2.05, 4.69) is 0 Å². The number of alkyl halides is 1. The van der Waals surface area contributed by atoms with Crippen molar-refractivity contribution in [1.82, 2.24) is 0 Å². The van der Waals surface area contributed by atoms with Crippen LogP contribution in [0.5, 0.6) is 5.75 Å². The molecule has 60 valence electrons. The predicted molar refractivity (Wildman–Crippen MR) is 42.5 cm³/mol. The average molecular weight is 154 g/mol. The van der Waals surface area contributed by atoms with Gasteiger partial charge in [-0.3, -0.25) is 4.39 Å². The summed E-state index contributed by atoms with van der Waals surface area (Å²) in [5, 5.41) is 8.92. The van der Waals surface area contributed by atoms with Gasteiger partial charge in [0.15, 0.2) is 0 Å². The van der Waals surface area contributed by atoms with E-state index in [0.29, 0.717) is 0 Å². The van der Waals surface area contributed by atoms with Crippen molar-refractivity contribution >= 4 is 0 Å². The van der Waals surface area contributed by atoms with E-state index in [0.717, 1.165) is 5.56 Å². The van der Waals surface area contributed by atoms with Crippen LogP contribution in [-0.2, 0) is 0 Å². The topological polar surface area (TPSA) is 20.2 Å². The minimum Gasteiger partial charge on any atom is -0.508 e. The summed E-state index contributed by atoms with van der Waals surface area (Å²) in [5.74, 6) is 0.149. The van der Waals surface area contributed by atoms with Gasteiger partial charge in [0.1, 0.15) is 5.75 Å². The van der Waals surface area contributed by atoms with E-state index in [1.54, 1.807) is 24.3 Å². The SMILES string of the molecule is C[C@H](CF)c1ccc(O)cc1. The lowest BCUT2D eigenvalue weighted by Gasteiger charge is -2.05. The van der Waals surface area contributed by atoms with Crippen LogP contribution in [0.2, 0.25) is 0 Å². The standard InChI is InChI=1S/C9H11FO/c1-7(6-10)8-2-4-9(11)5-3-8/h2-5,7,11H,6H2,1H3/t7-/m1/s1. The van der Waals surface area contributed by atoms with E-state index in [1.807, 2.05) is 6.92 Å². The van der Waals surface area contributed by atoms with Gasteiger partial charge in [-0.05, 0) is 17.7 Å². The first-order valence-electron chi connectivity index (χ1n) is 3.59. The Labute approximate surface area is 65.5 Å². The van der Waals surface area contributed by atoms with Crippen LogP contribution in [0.1, 0.15) is 18.4 Å². The second-order valence-electron chi connectivity index (χ2n) is 2.65. The van der Waals surface area contributed by atoms with Crippen molar-refractivity contribution in [3.05, 3.63) is 29.8 Å². The van der Waals surface area contributed by atoms with Crippen molar-refractivity contribution in [2.75, 3.05) is 6.67 Å². The first-order chi connectivity index (χ1) is 5.24. The van der Waals surface area contributed by atoms with Crippen LogP contribution in [0, 0.1) is 0 Å². The van der Waals surface area contributed by atoms with Gasteiger partial charge >= 0.3 is 0 Å². The number of rotatable bonds is 2. The molecule has 1 nitrogen and oxygen atoms in total. The van der Waals surface area contributed by atoms with Crippen LogP contribution in [0.4, 0.5) is 4.39 Å². The van der Waals surface area contributed by atoms with Crippen molar-refractivity contribution in [3.8, 4) is 5.75 Å². The summed E-state index contributed by atoms with van der Waals surface area (Å²) in [5.41, 5.74) is 0.922. The molecule has 1 N–H and O–H groups in total. The first kappa shape index (κ1) is 8.05. The zero-order valence-corrected chi connectivity index (χ0v) is 6.42. The molecule has 1 aromatic rings. The fourth-order valence-corrected chi connectivity index (χ4v) is 0.892. The Hall–Kier alpha value is -1.05. The summed E-state index contributed by atoms with van der Waals surface area (Å²) >= 11 is 0. The van der Waals surface area contributed by atoms with Crippen LogP contribution < -0.4 is 0 Å². The maximum atomic E-state index is 12.1. The van der Waals surface area contributed by atoms with E-state index in [-0.39, 0.29) is 18.3 Å². The van der Waals surface area contributed by atoms with Crippen molar-refractivity contribution in [1.29, 1.82) is 0 Å². The minimum absolute atomic E-state index is 0.0735. The molecule has 1 rings (SSSR count). The van der Waals surface area contributed by atoms with Gasteiger partial charge in [-0.2, -0.15) is 0 Å². The van der Waals surface area contributed by atoms with E-state index in [9.17, 15) is 4.39 Å². The van der Waals surface area contributed by atoms with E-state index >= 15 is 0 Å². The van der Waals surface area contributed by atoms with Gasteiger partial charge in [0.2, 0.25) is 0 Å². The Bertz CT molecular complexity index is 218. The molecule has 0 saturated carbocycles. The normalized spacial score (nSPS) is 12.9. The van der Waals surface area contributed by atoms with Crippen molar-refractivity contribution < 1.29 is 9.50 Å². The summed E-state index contributed by atoms with van der Waals surface area (Å²) in [6.07, 6.45) is 0.